The van der Waals surface area contributed by atoms with Gasteiger partial charge in [0.1, 0.15) is 5.75 Å². The SMILES string of the molecule is COc1cc(N)cc(NC2(CO)CC2)c1. The van der Waals surface area contributed by atoms with Gasteiger partial charge >= 0.3 is 0 Å². The maximum Gasteiger partial charge on any atom is 0.122 e. The Bertz CT molecular complexity index is 362. The molecule has 0 bridgehead atoms. The number of hydrogen-bond donors (Lipinski definition) is 3. The lowest BCUT2D eigenvalue weighted by Crippen LogP contribution is -2.25. The van der Waals surface area contributed by atoms with E-state index in [2.05, 4.69) is 5.32 Å². The van der Waals surface area contributed by atoms with Crippen molar-refractivity contribution in [2.24, 2.45) is 0 Å². The molecular formula is C11H16N2O2. The Kier molecular flexibility index (Phi) is 2.44. The second-order valence-corrected chi connectivity index (χ2v) is 4.06. The third-order valence-corrected chi connectivity index (χ3v) is 2.73. The van der Waals surface area contributed by atoms with Crippen LogP contribution in [0.1, 0.15) is 12.8 Å². The highest BCUT2D eigenvalue weighted by molar-refractivity contribution is 5.60. The Morgan fingerprint density at radius 2 is 2.20 bits per heavy atom. The van der Waals surface area contributed by atoms with Gasteiger partial charge in [0.25, 0.3) is 0 Å². The largest absolute Gasteiger partial charge is 0.497 e. The van der Waals surface area contributed by atoms with Gasteiger partial charge in [0.2, 0.25) is 0 Å². The molecule has 1 saturated carbocycles. The zero-order chi connectivity index (χ0) is 10.9. The minimum atomic E-state index is -0.126. The van der Waals surface area contributed by atoms with E-state index in [1.54, 1.807) is 13.2 Å². The number of aliphatic hydroxyl groups excluding tert-OH is 1. The van der Waals surface area contributed by atoms with Crippen molar-refractivity contribution in [1.82, 2.24) is 0 Å². The summed E-state index contributed by atoms with van der Waals surface area (Å²) in [5, 5.41) is 12.5. The molecule has 0 saturated heterocycles. The van der Waals surface area contributed by atoms with Gasteiger partial charge in [0.05, 0.1) is 19.3 Å². The number of aliphatic hydroxyl groups is 1. The van der Waals surface area contributed by atoms with Crippen LogP contribution in [0, 0.1) is 0 Å². The standard InChI is InChI=1S/C11H16N2O2/c1-15-10-5-8(12)4-9(6-10)13-11(7-14)2-3-11/h4-6,13-14H,2-3,7,12H2,1H3. The van der Waals surface area contributed by atoms with Gasteiger partial charge in [-0.2, -0.15) is 0 Å². The van der Waals surface area contributed by atoms with Crippen molar-refractivity contribution in [2.75, 3.05) is 24.8 Å². The van der Waals surface area contributed by atoms with E-state index in [1.165, 1.54) is 0 Å². The molecule has 0 amide bonds. The summed E-state index contributed by atoms with van der Waals surface area (Å²) in [4.78, 5) is 0. The Morgan fingerprint density at radius 3 is 2.73 bits per heavy atom. The lowest BCUT2D eigenvalue weighted by Gasteiger charge is -2.16. The first-order valence-corrected chi connectivity index (χ1v) is 5.01. The smallest absolute Gasteiger partial charge is 0.122 e. The van der Waals surface area contributed by atoms with Crippen LogP contribution in [0.15, 0.2) is 18.2 Å². The van der Waals surface area contributed by atoms with Crippen LogP contribution in [0.4, 0.5) is 11.4 Å². The van der Waals surface area contributed by atoms with Crippen molar-refractivity contribution < 1.29 is 9.84 Å². The number of benzene rings is 1. The second-order valence-electron chi connectivity index (χ2n) is 4.06. The number of hydrogen-bond acceptors (Lipinski definition) is 4. The molecule has 1 aliphatic carbocycles. The van der Waals surface area contributed by atoms with Crippen molar-refractivity contribution in [1.29, 1.82) is 0 Å². The summed E-state index contributed by atoms with van der Waals surface area (Å²) in [5.41, 5.74) is 7.17. The summed E-state index contributed by atoms with van der Waals surface area (Å²) in [7, 11) is 1.61. The summed E-state index contributed by atoms with van der Waals surface area (Å²) < 4.78 is 5.12. The van der Waals surface area contributed by atoms with Gasteiger partial charge in [0.15, 0.2) is 0 Å². The number of methoxy groups -OCH3 is 1. The van der Waals surface area contributed by atoms with Gasteiger partial charge in [0, 0.05) is 23.5 Å². The molecule has 2 rings (SSSR count). The summed E-state index contributed by atoms with van der Waals surface area (Å²) in [6.07, 6.45) is 2.00. The molecule has 0 spiro atoms. The fourth-order valence-electron chi connectivity index (χ4n) is 1.59. The van der Waals surface area contributed by atoms with E-state index >= 15 is 0 Å². The Morgan fingerprint density at radius 1 is 1.47 bits per heavy atom. The highest BCUT2D eigenvalue weighted by atomic mass is 16.5. The normalized spacial score (nSPS) is 17.2. The molecule has 0 unspecified atom stereocenters. The van der Waals surface area contributed by atoms with Crippen LogP contribution in [-0.4, -0.2) is 24.4 Å². The van der Waals surface area contributed by atoms with E-state index in [4.69, 9.17) is 10.5 Å². The lowest BCUT2D eigenvalue weighted by molar-refractivity contribution is 0.266. The van der Waals surface area contributed by atoms with Crippen molar-refractivity contribution in [3.8, 4) is 5.75 Å². The van der Waals surface area contributed by atoms with Crippen LogP contribution in [0.25, 0.3) is 0 Å². The van der Waals surface area contributed by atoms with Crippen molar-refractivity contribution in [2.45, 2.75) is 18.4 Å². The number of rotatable bonds is 4. The summed E-state index contributed by atoms with van der Waals surface area (Å²) >= 11 is 0. The maximum atomic E-state index is 9.19. The first kappa shape index (κ1) is 10.1. The van der Waals surface area contributed by atoms with Crippen molar-refractivity contribution in [3.63, 3.8) is 0 Å². The predicted molar refractivity (Wildman–Crippen MR) is 60.1 cm³/mol. The number of nitrogens with two attached hydrogens (primary N) is 1. The first-order chi connectivity index (χ1) is 7.17. The number of ether oxygens (including phenoxy) is 1. The van der Waals surface area contributed by atoms with Gasteiger partial charge in [-0.1, -0.05) is 0 Å². The Balaban J connectivity index is 2.17. The molecule has 15 heavy (non-hydrogen) atoms. The third-order valence-electron chi connectivity index (χ3n) is 2.73. The zero-order valence-corrected chi connectivity index (χ0v) is 8.79. The van der Waals surface area contributed by atoms with Gasteiger partial charge in [-0.15, -0.1) is 0 Å². The highest BCUT2D eigenvalue weighted by Gasteiger charge is 2.41. The summed E-state index contributed by atoms with van der Waals surface area (Å²) in [6, 6.07) is 5.49. The average Bonchev–Trinajstić information content (AvgIpc) is 2.97. The molecule has 0 aliphatic heterocycles. The van der Waals surface area contributed by atoms with Gasteiger partial charge in [-0.05, 0) is 18.9 Å². The molecule has 1 aromatic carbocycles. The molecule has 0 atom stereocenters. The topological polar surface area (TPSA) is 67.5 Å². The monoisotopic (exact) mass is 208 g/mol. The average molecular weight is 208 g/mol. The molecule has 0 radical (unpaired) electrons. The Hall–Kier alpha value is -1.42. The molecule has 0 aromatic heterocycles. The van der Waals surface area contributed by atoms with Crippen LogP contribution in [0.3, 0.4) is 0 Å². The van der Waals surface area contributed by atoms with Gasteiger partial charge in [-0.25, -0.2) is 0 Å². The van der Waals surface area contributed by atoms with Gasteiger partial charge in [-0.3, -0.25) is 0 Å². The molecule has 1 fully saturated rings. The maximum absolute atomic E-state index is 9.19. The van der Waals surface area contributed by atoms with Crippen molar-refractivity contribution in [3.05, 3.63) is 18.2 Å². The van der Waals surface area contributed by atoms with E-state index in [9.17, 15) is 5.11 Å². The molecular weight excluding hydrogens is 192 g/mol. The van der Waals surface area contributed by atoms with Crippen LogP contribution in [-0.2, 0) is 0 Å². The summed E-state index contributed by atoms with van der Waals surface area (Å²) in [5.74, 6) is 0.728. The third kappa shape index (κ3) is 2.15. The molecule has 1 aromatic rings. The lowest BCUT2D eigenvalue weighted by atomic mass is 10.2. The molecule has 0 heterocycles. The van der Waals surface area contributed by atoms with Gasteiger partial charge < -0.3 is 20.9 Å². The number of nitrogen functional groups attached to an aromatic ring is 1. The second kappa shape index (κ2) is 3.62. The molecule has 4 nitrogen and oxygen atoms in total. The molecule has 4 heteroatoms. The predicted octanol–water partition coefficient (Wildman–Crippen LogP) is 1.21. The van der Waals surface area contributed by atoms with Crippen LogP contribution in [0.2, 0.25) is 0 Å². The van der Waals surface area contributed by atoms with E-state index < -0.39 is 0 Å². The number of nitrogens with one attached hydrogen (secondary N) is 1. The quantitative estimate of drug-likeness (QED) is 0.651. The fraction of sp³-hybridized carbons (Fsp3) is 0.455. The van der Waals surface area contributed by atoms with E-state index in [1.807, 2.05) is 12.1 Å². The highest BCUT2D eigenvalue weighted by Crippen LogP contribution is 2.39. The number of anilines is 2. The fourth-order valence-corrected chi connectivity index (χ4v) is 1.59. The minimum Gasteiger partial charge on any atom is -0.497 e. The van der Waals surface area contributed by atoms with Crippen LogP contribution < -0.4 is 15.8 Å². The summed E-state index contributed by atoms with van der Waals surface area (Å²) in [6.45, 7) is 0.157. The minimum absolute atomic E-state index is 0.126. The van der Waals surface area contributed by atoms with E-state index in [0.29, 0.717) is 5.69 Å². The van der Waals surface area contributed by atoms with Crippen LogP contribution >= 0.6 is 0 Å². The van der Waals surface area contributed by atoms with Crippen LogP contribution in [0.5, 0.6) is 5.75 Å². The first-order valence-electron chi connectivity index (χ1n) is 5.01. The Labute approximate surface area is 89.0 Å². The molecule has 4 N–H and O–H groups in total. The van der Waals surface area contributed by atoms with Crippen molar-refractivity contribution >= 4 is 11.4 Å². The molecule has 1 aliphatic rings. The molecule has 82 valence electrons. The zero-order valence-electron chi connectivity index (χ0n) is 8.79. The van der Waals surface area contributed by atoms with E-state index in [-0.39, 0.29) is 12.1 Å². The van der Waals surface area contributed by atoms with E-state index in [0.717, 1.165) is 24.3 Å².